The maximum Gasteiger partial charge on any atom is 0.252 e. The topological polar surface area (TPSA) is 82.5 Å². The van der Waals surface area contributed by atoms with Crippen molar-refractivity contribution in [2.24, 2.45) is 5.73 Å². The summed E-state index contributed by atoms with van der Waals surface area (Å²) < 4.78 is 6.85. The number of primary amides is 1. The van der Waals surface area contributed by atoms with Gasteiger partial charge in [-0.1, -0.05) is 24.3 Å². The molecule has 0 saturated carbocycles. The van der Waals surface area contributed by atoms with Crippen LogP contribution in [0.5, 0.6) is 5.75 Å². The molecule has 1 amide bonds. The molecule has 21 heavy (non-hydrogen) atoms. The van der Waals surface area contributed by atoms with Gasteiger partial charge in [-0.15, -0.1) is 5.10 Å². The number of aryl methyl sites for hydroxylation is 1. The first-order valence-electron chi connectivity index (χ1n) is 6.33. The van der Waals surface area contributed by atoms with Crippen LogP contribution >= 0.6 is 0 Å². The zero-order valence-electron chi connectivity index (χ0n) is 11.6. The van der Waals surface area contributed by atoms with Gasteiger partial charge in [0, 0.05) is 5.56 Å². The van der Waals surface area contributed by atoms with E-state index in [0.717, 1.165) is 11.1 Å². The normalized spacial score (nSPS) is 10.8. The Kier molecular flexibility index (Phi) is 3.06. The summed E-state index contributed by atoms with van der Waals surface area (Å²) in [6, 6.07) is 9.46. The van der Waals surface area contributed by atoms with Crippen molar-refractivity contribution in [1.82, 2.24) is 14.6 Å². The number of rotatable bonds is 3. The van der Waals surface area contributed by atoms with Crippen LogP contribution in [-0.2, 0) is 0 Å². The average Bonchev–Trinajstić information content (AvgIpc) is 2.95. The molecule has 0 bridgehead atoms. The molecule has 0 atom stereocenters. The minimum atomic E-state index is -0.577. The molecule has 3 rings (SSSR count). The molecule has 6 nitrogen and oxygen atoms in total. The monoisotopic (exact) mass is 281 g/mol. The Morgan fingerprint density at radius 3 is 2.81 bits per heavy atom. The van der Waals surface area contributed by atoms with Crippen LogP contribution in [0, 0.1) is 13.3 Å². The highest BCUT2D eigenvalue weighted by atomic mass is 16.5. The molecule has 2 heterocycles. The number of pyridine rings is 1. The van der Waals surface area contributed by atoms with Crippen molar-refractivity contribution < 1.29 is 9.53 Å². The quantitative estimate of drug-likeness (QED) is 0.790. The second kappa shape index (κ2) is 4.90. The number of amides is 1. The molecule has 3 aromatic rings. The van der Waals surface area contributed by atoms with E-state index in [9.17, 15) is 4.79 Å². The van der Waals surface area contributed by atoms with E-state index in [0.29, 0.717) is 17.1 Å². The van der Waals surface area contributed by atoms with Crippen LogP contribution in [0.2, 0.25) is 0 Å². The maximum atomic E-state index is 11.7. The second-order valence-corrected chi connectivity index (χ2v) is 4.60. The van der Waals surface area contributed by atoms with Crippen molar-refractivity contribution in [3.8, 4) is 17.0 Å². The third kappa shape index (κ3) is 2.01. The maximum absolute atomic E-state index is 11.7. The molecule has 0 unspecified atom stereocenters. The van der Waals surface area contributed by atoms with E-state index in [4.69, 9.17) is 10.5 Å². The summed E-state index contributed by atoms with van der Waals surface area (Å²) >= 11 is 0. The summed E-state index contributed by atoms with van der Waals surface area (Å²) in [4.78, 5) is 15.7. The molecular weight excluding hydrogens is 268 g/mol. The number of aromatic nitrogens is 3. The zero-order chi connectivity index (χ0) is 15.0. The molecule has 1 aromatic carbocycles. The van der Waals surface area contributed by atoms with E-state index in [2.05, 4.69) is 16.4 Å². The van der Waals surface area contributed by atoms with Gasteiger partial charge >= 0.3 is 0 Å². The lowest BCUT2D eigenvalue weighted by molar-refractivity contribution is 0.0997. The summed E-state index contributed by atoms with van der Waals surface area (Å²) in [5.41, 5.74) is 8.83. The number of carbonyl (C=O) groups excluding carboxylic acids is 1. The third-order valence-corrected chi connectivity index (χ3v) is 3.35. The second-order valence-electron chi connectivity index (χ2n) is 4.60. The van der Waals surface area contributed by atoms with Gasteiger partial charge in [-0.25, -0.2) is 9.50 Å². The minimum absolute atomic E-state index is 0.268. The smallest absolute Gasteiger partial charge is 0.252 e. The summed E-state index contributed by atoms with van der Waals surface area (Å²) in [6.45, 7) is 1.98. The van der Waals surface area contributed by atoms with Crippen molar-refractivity contribution >= 4 is 11.6 Å². The first kappa shape index (κ1) is 13.1. The van der Waals surface area contributed by atoms with E-state index >= 15 is 0 Å². The van der Waals surface area contributed by atoms with Gasteiger partial charge in [0.15, 0.2) is 11.4 Å². The van der Waals surface area contributed by atoms with Crippen molar-refractivity contribution in [1.29, 1.82) is 0 Å². The fourth-order valence-corrected chi connectivity index (χ4v) is 2.34. The lowest BCUT2D eigenvalue weighted by atomic mass is 10.0. The van der Waals surface area contributed by atoms with Gasteiger partial charge in [-0.3, -0.25) is 4.79 Å². The molecule has 105 valence electrons. The molecule has 0 saturated heterocycles. The van der Waals surface area contributed by atoms with Gasteiger partial charge in [0.1, 0.15) is 0 Å². The molecule has 0 aliphatic heterocycles. The molecule has 0 fully saturated rings. The predicted molar refractivity (Wildman–Crippen MR) is 77.1 cm³/mol. The van der Waals surface area contributed by atoms with E-state index in [-0.39, 0.29) is 5.56 Å². The van der Waals surface area contributed by atoms with Gasteiger partial charge in [0.2, 0.25) is 6.33 Å². The fourth-order valence-electron chi connectivity index (χ4n) is 2.34. The van der Waals surface area contributed by atoms with Crippen molar-refractivity contribution in [3.63, 3.8) is 0 Å². The number of ether oxygens (including phenoxy) is 1. The third-order valence-electron chi connectivity index (χ3n) is 3.35. The number of methoxy groups -OCH3 is 1. The largest absolute Gasteiger partial charge is 0.492 e. The predicted octanol–water partition coefficient (Wildman–Crippen LogP) is 1.61. The molecule has 0 aliphatic rings. The summed E-state index contributed by atoms with van der Waals surface area (Å²) in [7, 11) is 1.46. The lowest BCUT2D eigenvalue weighted by Crippen LogP contribution is -2.14. The van der Waals surface area contributed by atoms with Crippen LogP contribution in [0.15, 0.2) is 30.3 Å². The first-order valence-corrected chi connectivity index (χ1v) is 6.33. The Bertz CT molecular complexity index is 839. The average molecular weight is 281 g/mol. The fraction of sp³-hybridized carbons (Fsp3) is 0.133. The van der Waals surface area contributed by atoms with Crippen molar-refractivity contribution in [2.75, 3.05) is 7.11 Å². The Hall–Kier alpha value is -2.89. The highest BCUT2D eigenvalue weighted by Crippen LogP contribution is 2.31. The molecule has 0 aliphatic carbocycles. The SMILES string of the molecule is COc1c(C(N)=O)cc(-c2ccccc2C)n2n[c]nc12. The molecule has 6 heteroatoms. The summed E-state index contributed by atoms with van der Waals surface area (Å²) in [5.74, 6) is -0.277. The van der Waals surface area contributed by atoms with Gasteiger partial charge in [0.25, 0.3) is 5.91 Å². The van der Waals surface area contributed by atoms with E-state index in [1.54, 1.807) is 10.6 Å². The number of nitrogens with zero attached hydrogens (tertiary/aromatic N) is 3. The van der Waals surface area contributed by atoms with E-state index < -0.39 is 5.91 Å². The Labute approximate surface area is 121 Å². The van der Waals surface area contributed by atoms with Crippen LogP contribution in [-0.4, -0.2) is 27.6 Å². The van der Waals surface area contributed by atoms with Gasteiger partial charge in [0.05, 0.1) is 18.4 Å². The molecular formula is C15H13N4O2. The number of hydrogen-bond acceptors (Lipinski definition) is 4. The van der Waals surface area contributed by atoms with Gasteiger partial charge in [-0.05, 0) is 18.6 Å². The lowest BCUT2D eigenvalue weighted by Gasteiger charge is -2.12. The summed E-state index contributed by atoms with van der Waals surface area (Å²) in [6.07, 6.45) is 2.54. The van der Waals surface area contributed by atoms with Crippen LogP contribution < -0.4 is 10.5 Å². The number of benzene rings is 1. The highest BCUT2D eigenvalue weighted by molar-refractivity contribution is 5.99. The molecule has 2 aromatic heterocycles. The van der Waals surface area contributed by atoms with Crippen LogP contribution in [0.4, 0.5) is 0 Å². The standard InChI is InChI=1S/C15H13N4O2/c1-9-5-3-4-6-10(9)12-7-11(14(16)20)13(21-2)15-17-8-18-19(12)15/h3-7H,1-2H3,(H2,16,20). The molecule has 2 N–H and O–H groups in total. The van der Waals surface area contributed by atoms with Crippen molar-refractivity contribution in [3.05, 3.63) is 47.8 Å². The Morgan fingerprint density at radius 2 is 2.14 bits per heavy atom. The van der Waals surface area contributed by atoms with Crippen LogP contribution in [0.1, 0.15) is 15.9 Å². The Balaban J connectivity index is 2.41. The van der Waals surface area contributed by atoms with Gasteiger partial charge < -0.3 is 10.5 Å². The minimum Gasteiger partial charge on any atom is -0.492 e. The van der Waals surface area contributed by atoms with Crippen molar-refractivity contribution in [2.45, 2.75) is 6.92 Å². The van der Waals surface area contributed by atoms with Crippen LogP contribution in [0.3, 0.4) is 0 Å². The Morgan fingerprint density at radius 1 is 1.38 bits per heavy atom. The van der Waals surface area contributed by atoms with Gasteiger partial charge in [-0.2, -0.15) is 0 Å². The van der Waals surface area contributed by atoms with E-state index in [1.165, 1.54) is 7.11 Å². The van der Waals surface area contributed by atoms with E-state index in [1.807, 2.05) is 31.2 Å². The molecule has 0 spiro atoms. The number of hydrogen-bond donors (Lipinski definition) is 1. The number of carbonyl (C=O) groups is 1. The zero-order valence-corrected chi connectivity index (χ0v) is 11.6. The number of nitrogens with two attached hydrogens (primary N) is 1. The van der Waals surface area contributed by atoms with Crippen LogP contribution in [0.25, 0.3) is 16.9 Å². The summed E-state index contributed by atoms with van der Waals surface area (Å²) in [5, 5.41) is 4.09. The first-order chi connectivity index (χ1) is 10.1. The number of fused-ring (bicyclic) bond motifs is 1. The highest BCUT2D eigenvalue weighted by Gasteiger charge is 2.19. The molecule has 1 radical (unpaired) electrons.